The highest BCUT2D eigenvalue weighted by molar-refractivity contribution is 7.90. The van der Waals surface area contributed by atoms with Crippen LogP contribution in [-0.4, -0.2) is 19.4 Å². The topological polar surface area (TPSA) is 70.6 Å². The molecule has 0 bridgehead atoms. The minimum Gasteiger partial charge on any atom is -0.302 e. The molecule has 1 aliphatic heterocycles. The van der Waals surface area contributed by atoms with E-state index in [1.807, 2.05) is 24.3 Å². The quantitative estimate of drug-likeness (QED) is 0.629. The summed E-state index contributed by atoms with van der Waals surface area (Å²) < 4.78 is 27.9. The number of sulfonamides is 1. The molecule has 2 atom stereocenters. The second kappa shape index (κ2) is 8.59. The largest absolute Gasteiger partial charge is 0.302 e. The van der Waals surface area contributed by atoms with E-state index < -0.39 is 21.3 Å². The summed E-state index contributed by atoms with van der Waals surface area (Å²) in [6.45, 7) is 3.24. The first-order valence-electron chi connectivity index (χ1n) is 8.71. The fourth-order valence-electron chi connectivity index (χ4n) is 2.88. The van der Waals surface area contributed by atoms with Gasteiger partial charge in [-0.15, -0.1) is 0 Å². The van der Waals surface area contributed by atoms with E-state index in [2.05, 4.69) is 15.2 Å². The van der Waals surface area contributed by atoms with Gasteiger partial charge in [0.15, 0.2) is 0 Å². The molecule has 1 heterocycles. The van der Waals surface area contributed by atoms with Crippen molar-refractivity contribution >= 4 is 50.5 Å². The van der Waals surface area contributed by atoms with Crippen LogP contribution in [-0.2, 0) is 10.0 Å². The first kappa shape index (κ1) is 21.4. The van der Waals surface area contributed by atoms with E-state index in [0.717, 1.165) is 5.56 Å². The third-order valence-electron chi connectivity index (χ3n) is 4.56. The van der Waals surface area contributed by atoms with E-state index in [-0.39, 0.29) is 6.04 Å². The molecule has 0 spiro atoms. The molecule has 0 saturated heterocycles. The van der Waals surface area contributed by atoms with E-state index in [1.54, 1.807) is 32.0 Å². The zero-order chi connectivity index (χ0) is 20.5. The summed E-state index contributed by atoms with van der Waals surface area (Å²) in [6, 6.07) is 11.7. The molecule has 0 aromatic heterocycles. The van der Waals surface area contributed by atoms with E-state index >= 15 is 0 Å². The van der Waals surface area contributed by atoms with Crippen LogP contribution in [0.15, 0.2) is 47.6 Å². The van der Waals surface area contributed by atoms with E-state index in [9.17, 15) is 8.42 Å². The predicted molar refractivity (Wildman–Crippen MR) is 116 cm³/mol. The Kier molecular flexibility index (Phi) is 6.57. The zero-order valence-electron chi connectivity index (χ0n) is 15.3. The lowest BCUT2D eigenvalue weighted by molar-refractivity contribution is 0.567. The van der Waals surface area contributed by atoms with Crippen molar-refractivity contribution in [2.45, 2.75) is 37.6 Å². The molecule has 0 aliphatic carbocycles. The third-order valence-corrected chi connectivity index (χ3v) is 7.18. The second-order valence-electron chi connectivity index (χ2n) is 6.85. The normalized spacial score (nSPS) is 18.1. The maximum atomic E-state index is 12.6. The van der Waals surface area contributed by atoms with Gasteiger partial charge in [0.1, 0.15) is 0 Å². The standard InChI is InChI=1S/C19H20Cl3N3O2S/c1-11(2)28(26,27)25-19(15-8-7-14(21)9-16(15)22)18-10-17(23-24-18)12-3-5-13(20)6-4-12/h3-9,11,17,19,23,25H,10H2,1-2H3. The van der Waals surface area contributed by atoms with Crippen LogP contribution in [0.25, 0.3) is 0 Å². The Labute approximate surface area is 180 Å². The van der Waals surface area contributed by atoms with Gasteiger partial charge >= 0.3 is 0 Å². The molecule has 5 nitrogen and oxygen atoms in total. The van der Waals surface area contributed by atoms with Crippen LogP contribution in [0.2, 0.25) is 15.1 Å². The molecule has 0 saturated carbocycles. The molecule has 28 heavy (non-hydrogen) atoms. The average molecular weight is 461 g/mol. The molecule has 9 heteroatoms. The summed E-state index contributed by atoms with van der Waals surface area (Å²) in [4.78, 5) is 0. The van der Waals surface area contributed by atoms with Crippen LogP contribution in [0.4, 0.5) is 0 Å². The highest BCUT2D eigenvalue weighted by Crippen LogP contribution is 2.33. The summed E-state index contributed by atoms with van der Waals surface area (Å²) >= 11 is 18.3. The lowest BCUT2D eigenvalue weighted by Crippen LogP contribution is -2.37. The van der Waals surface area contributed by atoms with Gasteiger partial charge in [0, 0.05) is 21.5 Å². The molecular formula is C19H20Cl3N3O2S. The van der Waals surface area contributed by atoms with Gasteiger partial charge in [0.05, 0.1) is 23.0 Å². The van der Waals surface area contributed by atoms with Crippen LogP contribution in [0, 0.1) is 0 Å². The fourth-order valence-corrected chi connectivity index (χ4v) is 4.39. The Morgan fingerprint density at radius 2 is 1.71 bits per heavy atom. The summed E-state index contributed by atoms with van der Waals surface area (Å²) in [5.74, 6) is 0. The molecule has 150 valence electrons. The summed E-state index contributed by atoms with van der Waals surface area (Å²) in [7, 11) is -3.57. The first-order chi connectivity index (χ1) is 13.2. The minimum atomic E-state index is -3.57. The monoisotopic (exact) mass is 459 g/mol. The lowest BCUT2D eigenvalue weighted by atomic mass is 9.96. The Bertz CT molecular complexity index is 992. The SMILES string of the molecule is CC(C)S(=O)(=O)NC(C1=NNC(c2ccc(Cl)cc2)C1)c1ccc(Cl)cc1Cl. The molecule has 2 aromatic rings. The number of nitrogens with zero attached hydrogens (tertiary/aromatic N) is 1. The fraction of sp³-hybridized carbons (Fsp3) is 0.316. The Balaban J connectivity index is 1.92. The van der Waals surface area contributed by atoms with E-state index in [4.69, 9.17) is 34.8 Å². The lowest BCUT2D eigenvalue weighted by Gasteiger charge is -2.22. The summed E-state index contributed by atoms with van der Waals surface area (Å²) in [5.41, 5.74) is 5.34. The molecule has 2 N–H and O–H groups in total. The second-order valence-corrected chi connectivity index (χ2v) is 10.4. The molecule has 1 aliphatic rings. The van der Waals surface area contributed by atoms with Gasteiger partial charge in [-0.1, -0.05) is 53.0 Å². The number of benzene rings is 2. The number of halogens is 3. The molecule has 2 unspecified atom stereocenters. The summed E-state index contributed by atoms with van der Waals surface area (Å²) in [5, 5.41) is 5.32. The van der Waals surface area contributed by atoms with Gasteiger partial charge in [-0.2, -0.15) is 5.10 Å². The number of hydrogen-bond donors (Lipinski definition) is 2. The van der Waals surface area contributed by atoms with E-state index in [1.165, 1.54) is 0 Å². The number of rotatable bonds is 6. The van der Waals surface area contributed by atoms with Crippen molar-refractivity contribution in [1.82, 2.24) is 10.1 Å². The van der Waals surface area contributed by atoms with Gasteiger partial charge in [0.25, 0.3) is 0 Å². The van der Waals surface area contributed by atoms with Crippen molar-refractivity contribution in [3.8, 4) is 0 Å². The number of hydrogen-bond acceptors (Lipinski definition) is 4. The van der Waals surface area contributed by atoms with E-state index in [0.29, 0.717) is 32.8 Å². The zero-order valence-corrected chi connectivity index (χ0v) is 18.4. The Morgan fingerprint density at radius 1 is 1.07 bits per heavy atom. The van der Waals surface area contributed by atoms with Gasteiger partial charge in [-0.25, -0.2) is 13.1 Å². The number of nitrogens with one attached hydrogen (secondary N) is 2. The molecule has 0 radical (unpaired) electrons. The van der Waals surface area contributed by atoms with Crippen LogP contribution >= 0.6 is 34.8 Å². The third kappa shape index (κ3) is 4.81. The Morgan fingerprint density at radius 3 is 2.32 bits per heavy atom. The highest BCUT2D eigenvalue weighted by atomic mass is 35.5. The molecule has 3 rings (SSSR count). The predicted octanol–water partition coefficient (Wildman–Crippen LogP) is 5.11. The van der Waals surface area contributed by atoms with Crippen LogP contribution in [0.3, 0.4) is 0 Å². The van der Waals surface area contributed by atoms with Gasteiger partial charge in [0.2, 0.25) is 10.0 Å². The number of hydrazone groups is 1. The average Bonchev–Trinajstić information content (AvgIpc) is 3.10. The summed E-state index contributed by atoms with van der Waals surface area (Å²) in [6.07, 6.45) is 0.520. The van der Waals surface area contributed by atoms with Gasteiger partial charge in [-0.3, -0.25) is 0 Å². The van der Waals surface area contributed by atoms with Gasteiger partial charge < -0.3 is 5.43 Å². The molecule has 2 aromatic carbocycles. The van der Waals surface area contributed by atoms with Crippen molar-refractivity contribution in [2.75, 3.05) is 0 Å². The first-order valence-corrected chi connectivity index (χ1v) is 11.4. The van der Waals surface area contributed by atoms with Crippen molar-refractivity contribution in [2.24, 2.45) is 5.10 Å². The highest BCUT2D eigenvalue weighted by Gasteiger charge is 2.32. The molecule has 0 fully saturated rings. The van der Waals surface area contributed by atoms with Crippen LogP contribution in [0.1, 0.15) is 43.5 Å². The maximum absolute atomic E-state index is 12.6. The van der Waals surface area contributed by atoms with Crippen molar-refractivity contribution in [1.29, 1.82) is 0 Å². The minimum absolute atomic E-state index is 0.0793. The molecular weight excluding hydrogens is 441 g/mol. The van der Waals surface area contributed by atoms with Crippen LogP contribution < -0.4 is 10.1 Å². The van der Waals surface area contributed by atoms with Crippen molar-refractivity contribution in [3.63, 3.8) is 0 Å². The maximum Gasteiger partial charge on any atom is 0.214 e. The van der Waals surface area contributed by atoms with Crippen LogP contribution in [0.5, 0.6) is 0 Å². The smallest absolute Gasteiger partial charge is 0.214 e. The van der Waals surface area contributed by atoms with Crippen molar-refractivity contribution in [3.05, 3.63) is 68.7 Å². The Hall–Kier alpha value is -1.31. The van der Waals surface area contributed by atoms with Crippen molar-refractivity contribution < 1.29 is 8.42 Å². The molecule has 0 amide bonds. The van der Waals surface area contributed by atoms with Gasteiger partial charge in [-0.05, 0) is 49.2 Å².